The highest BCUT2D eigenvalue weighted by Gasteiger charge is 2.42. The lowest BCUT2D eigenvalue weighted by Gasteiger charge is -2.25. The van der Waals surface area contributed by atoms with Crippen molar-refractivity contribution in [1.82, 2.24) is 4.98 Å². The average Bonchev–Trinajstić information content (AvgIpc) is 2.90. The van der Waals surface area contributed by atoms with Crippen LogP contribution in [0.5, 0.6) is 0 Å². The zero-order valence-electron chi connectivity index (χ0n) is 13.9. The van der Waals surface area contributed by atoms with Crippen molar-refractivity contribution < 1.29 is 4.84 Å². The van der Waals surface area contributed by atoms with Gasteiger partial charge < -0.3 is 4.84 Å². The maximum absolute atomic E-state index is 5.80. The van der Waals surface area contributed by atoms with Crippen LogP contribution in [-0.2, 0) is 11.3 Å². The van der Waals surface area contributed by atoms with Gasteiger partial charge in [-0.15, -0.1) is 0 Å². The second-order valence-electron chi connectivity index (χ2n) is 6.82. The van der Waals surface area contributed by atoms with Crippen molar-refractivity contribution in [2.24, 2.45) is 10.6 Å². The maximum Gasteiger partial charge on any atom is 0.143 e. The maximum atomic E-state index is 5.80. The first-order valence-corrected chi connectivity index (χ1v) is 8.29. The Morgan fingerprint density at radius 2 is 1.67 bits per heavy atom. The van der Waals surface area contributed by atoms with Crippen LogP contribution in [0, 0.1) is 5.41 Å². The first kappa shape index (κ1) is 14.9. The largest absolute Gasteiger partial charge is 0.391 e. The van der Waals surface area contributed by atoms with Gasteiger partial charge >= 0.3 is 0 Å². The second kappa shape index (κ2) is 5.75. The Morgan fingerprint density at radius 1 is 0.917 bits per heavy atom. The lowest BCUT2D eigenvalue weighted by molar-refractivity contribution is 0.0365. The molecule has 1 aliphatic heterocycles. The number of hydrogen-bond acceptors (Lipinski definition) is 3. The van der Waals surface area contributed by atoms with E-state index in [1.54, 1.807) is 0 Å². The molecule has 3 heteroatoms. The summed E-state index contributed by atoms with van der Waals surface area (Å²) in [6.45, 7) is 4.38. The number of rotatable bonds is 3. The van der Waals surface area contributed by atoms with Crippen LogP contribution in [0.3, 0.4) is 0 Å². The summed E-state index contributed by atoms with van der Waals surface area (Å²) >= 11 is 0. The number of aromatic nitrogens is 1. The number of fused-ring (bicyclic) bond motifs is 1. The zero-order valence-corrected chi connectivity index (χ0v) is 13.9. The van der Waals surface area contributed by atoms with Gasteiger partial charge in [-0.2, -0.15) is 0 Å². The van der Waals surface area contributed by atoms with Gasteiger partial charge in [-0.3, -0.25) is 4.98 Å². The Labute approximate surface area is 142 Å². The molecule has 2 heterocycles. The molecular weight excluding hydrogens is 296 g/mol. The third kappa shape index (κ3) is 2.56. The quantitative estimate of drug-likeness (QED) is 0.707. The number of benzene rings is 2. The fourth-order valence-corrected chi connectivity index (χ4v) is 3.24. The van der Waals surface area contributed by atoms with Crippen LogP contribution in [0.25, 0.3) is 10.9 Å². The predicted octanol–water partition coefficient (Wildman–Crippen LogP) is 4.61. The van der Waals surface area contributed by atoms with Crippen molar-refractivity contribution in [3.05, 3.63) is 78.0 Å². The molecule has 3 aromatic rings. The minimum atomic E-state index is -0.158. The Hall–Kier alpha value is -2.68. The number of para-hydroxylation sites is 1. The first-order valence-electron chi connectivity index (χ1n) is 8.29. The smallest absolute Gasteiger partial charge is 0.143 e. The molecule has 0 saturated heterocycles. The highest BCUT2D eigenvalue weighted by Crippen LogP contribution is 2.36. The van der Waals surface area contributed by atoms with E-state index in [0.717, 1.165) is 34.3 Å². The third-order valence-corrected chi connectivity index (χ3v) is 4.78. The van der Waals surface area contributed by atoms with Gasteiger partial charge in [0.25, 0.3) is 0 Å². The number of hydrogen-bond donors (Lipinski definition) is 0. The Bertz CT molecular complexity index is 900. The SMILES string of the molecule is CC1(C)C(c2ccccc2)=NOC1Cc1ccc2ccccc2n1. The predicted molar refractivity (Wildman–Crippen MR) is 97.1 cm³/mol. The number of oxime groups is 1. The molecular formula is C21H20N2O. The molecule has 0 amide bonds. The van der Waals surface area contributed by atoms with E-state index in [2.05, 4.69) is 49.3 Å². The van der Waals surface area contributed by atoms with Crippen LogP contribution in [0.4, 0.5) is 0 Å². The fraction of sp³-hybridized carbons (Fsp3) is 0.238. The molecule has 1 aliphatic rings. The molecule has 0 aliphatic carbocycles. The fourth-order valence-electron chi connectivity index (χ4n) is 3.24. The summed E-state index contributed by atoms with van der Waals surface area (Å²) in [4.78, 5) is 10.6. The van der Waals surface area contributed by atoms with Gasteiger partial charge in [0, 0.05) is 17.5 Å². The van der Waals surface area contributed by atoms with Crippen LogP contribution in [0.15, 0.2) is 71.9 Å². The zero-order chi connectivity index (χ0) is 16.6. The van der Waals surface area contributed by atoms with Crippen LogP contribution in [0.2, 0.25) is 0 Å². The lowest BCUT2D eigenvalue weighted by Crippen LogP contribution is -2.35. The van der Waals surface area contributed by atoms with Crippen molar-refractivity contribution in [3.63, 3.8) is 0 Å². The van der Waals surface area contributed by atoms with Crippen LogP contribution >= 0.6 is 0 Å². The van der Waals surface area contributed by atoms with E-state index in [-0.39, 0.29) is 11.5 Å². The molecule has 24 heavy (non-hydrogen) atoms. The molecule has 0 fully saturated rings. The normalized spacial score (nSPS) is 19.1. The summed E-state index contributed by atoms with van der Waals surface area (Å²) in [6, 6.07) is 22.6. The van der Waals surface area contributed by atoms with Crippen LogP contribution in [0.1, 0.15) is 25.1 Å². The van der Waals surface area contributed by atoms with Gasteiger partial charge in [-0.05, 0) is 17.7 Å². The molecule has 2 aromatic carbocycles. The number of pyridine rings is 1. The van der Waals surface area contributed by atoms with E-state index in [0.29, 0.717) is 0 Å². The van der Waals surface area contributed by atoms with E-state index in [1.165, 1.54) is 0 Å². The van der Waals surface area contributed by atoms with Gasteiger partial charge in [0.2, 0.25) is 0 Å². The van der Waals surface area contributed by atoms with Crippen molar-refractivity contribution in [2.75, 3.05) is 0 Å². The van der Waals surface area contributed by atoms with Crippen LogP contribution in [-0.4, -0.2) is 16.8 Å². The topological polar surface area (TPSA) is 34.5 Å². The van der Waals surface area contributed by atoms with Gasteiger partial charge in [-0.1, -0.05) is 73.6 Å². The molecule has 3 nitrogen and oxygen atoms in total. The Morgan fingerprint density at radius 3 is 2.50 bits per heavy atom. The molecule has 4 rings (SSSR count). The molecule has 1 aromatic heterocycles. The Kier molecular flexibility index (Phi) is 3.57. The van der Waals surface area contributed by atoms with Gasteiger partial charge in [0.1, 0.15) is 6.10 Å². The van der Waals surface area contributed by atoms with E-state index >= 15 is 0 Å². The minimum Gasteiger partial charge on any atom is -0.391 e. The molecule has 1 atom stereocenters. The molecule has 0 spiro atoms. The second-order valence-corrected chi connectivity index (χ2v) is 6.82. The highest BCUT2D eigenvalue weighted by atomic mass is 16.6. The minimum absolute atomic E-state index is 0.0126. The third-order valence-electron chi connectivity index (χ3n) is 4.78. The molecule has 120 valence electrons. The summed E-state index contributed by atoms with van der Waals surface area (Å²) in [6.07, 6.45) is 0.735. The summed E-state index contributed by atoms with van der Waals surface area (Å²) in [5.41, 5.74) is 4.03. The van der Waals surface area contributed by atoms with E-state index in [4.69, 9.17) is 9.82 Å². The van der Waals surface area contributed by atoms with E-state index < -0.39 is 0 Å². The first-order chi connectivity index (χ1) is 11.6. The monoisotopic (exact) mass is 316 g/mol. The molecule has 0 bridgehead atoms. The van der Waals surface area contributed by atoms with Gasteiger partial charge in [0.15, 0.2) is 0 Å². The molecule has 0 saturated carbocycles. The summed E-state index contributed by atoms with van der Waals surface area (Å²) < 4.78 is 0. The lowest BCUT2D eigenvalue weighted by atomic mass is 9.77. The number of nitrogens with zero attached hydrogens (tertiary/aromatic N) is 2. The standard InChI is InChI=1S/C21H20N2O/c1-21(2)19(24-23-20(21)16-9-4-3-5-10-16)14-17-13-12-15-8-6-7-11-18(15)22-17/h3-13,19H,14H2,1-2H3. The van der Waals surface area contributed by atoms with Crippen molar-refractivity contribution in [2.45, 2.75) is 26.4 Å². The molecule has 0 N–H and O–H groups in total. The molecule has 0 radical (unpaired) electrons. The Balaban J connectivity index is 1.59. The van der Waals surface area contributed by atoms with E-state index in [1.807, 2.05) is 36.4 Å². The van der Waals surface area contributed by atoms with Crippen LogP contribution < -0.4 is 0 Å². The van der Waals surface area contributed by atoms with Crippen molar-refractivity contribution in [3.8, 4) is 0 Å². The van der Waals surface area contributed by atoms with Crippen molar-refractivity contribution >= 4 is 16.6 Å². The van der Waals surface area contributed by atoms with E-state index in [9.17, 15) is 0 Å². The van der Waals surface area contributed by atoms with Gasteiger partial charge in [-0.25, -0.2) is 0 Å². The molecule has 1 unspecified atom stereocenters. The summed E-state index contributed by atoms with van der Waals surface area (Å²) in [5, 5.41) is 5.55. The van der Waals surface area contributed by atoms with Gasteiger partial charge in [0.05, 0.1) is 16.6 Å². The highest BCUT2D eigenvalue weighted by molar-refractivity contribution is 6.05. The van der Waals surface area contributed by atoms with Crippen molar-refractivity contribution in [1.29, 1.82) is 0 Å². The average molecular weight is 316 g/mol. The summed E-state index contributed by atoms with van der Waals surface area (Å²) in [5.74, 6) is 0. The summed E-state index contributed by atoms with van der Waals surface area (Å²) in [7, 11) is 0.